The van der Waals surface area contributed by atoms with Crippen LogP contribution in [0, 0.1) is 5.92 Å². The second-order valence-electron chi connectivity index (χ2n) is 6.82. The molecule has 1 heterocycles. The molecule has 3 heteroatoms. The van der Waals surface area contributed by atoms with Crippen molar-refractivity contribution in [3.8, 4) is 0 Å². The van der Waals surface area contributed by atoms with Crippen molar-refractivity contribution in [3.63, 3.8) is 0 Å². The van der Waals surface area contributed by atoms with Crippen molar-refractivity contribution in [2.24, 2.45) is 5.92 Å². The highest BCUT2D eigenvalue weighted by molar-refractivity contribution is 5.79. The van der Waals surface area contributed by atoms with Gasteiger partial charge in [0.25, 0.3) is 0 Å². The number of rotatable bonds is 3. The van der Waals surface area contributed by atoms with E-state index in [9.17, 15) is 4.79 Å². The van der Waals surface area contributed by atoms with Crippen molar-refractivity contribution < 1.29 is 4.79 Å². The topological polar surface area (TPSA) is 32.3 Å². The van der Waals surface area contributed by atoms with Crippen molar-refractivity contribution in [1.82, 2.24) is 5.32 Å². The van der Waals surface area contributed by atoms with Crippen LogP contribution in [0.25, 0.3) is 0 Å². The van der Waals surface area contributed by atoms with Gasteiger partial charge < -0.3 is 10.2 Å². The first-order valence-corrected chi connectivity index (χ1v) is 8.93. The number of piperidine rings is 1. The molecule has 0 unspecified atom stereocenters. The van der Waals surface area contributed by atoms with E-state index in [4.69, 9.17) is 0 Å². The van der Waals surface area contributed by atoms with Gasteiger partial charge in [0.15, 0.2) is 0 Å². The number of hydrogen-bond donors (Lipinski definition) is 1. The Bertz CT molecular complexity index is 466. The van der Waals surface area contributed by atoms with E-state index >= 15 is 0 Å². The van der Waals surface area contributed by atoms with Gasteiger partial charge in [-0.1, -0.05) is 43.9 Å². The fraction of sp³-hybridized carbons (Fsp3) is 0.632. The van der Waals surface area contributed by atoms with Gasteiger partial charge in [0, 0.05) is 30.7 Å². The largest absolute Gasteiger partial charge is 0.369 e. The first-order chi connectivity index (χ1) is 10.8. The average molecular weight is 300 g/mol. The number of benzene rings is 1. The van der Waals surface area contributed by atoms with E-state index in [0.717, 1.165) is 38.8 Å². The number of nitrogens with one attached hydrogen (secondary N) is 1. The molecule has 1 N–H and O–H groups in total. The minimum atomic E-state index is 0.259. The van der Waals surface area contributed by atoms with Gasteiger partial charge in [-0.25, -0.2) is 0 Å². The van der Waals surface area contributed by atoms with Gasteiger partial charge >= 0.3 is 0 Å². The fourth-order valence-electron chi connectivity index (χ4n) is 3.83. The van der Waals surface area contributed by atoms with Crippen LogP contribution >= 0.6 is 0 Å². The minimum absolute atomic E-state index is 0.259. The quantitative estimate of drug-likeness (QED) is 0.862. The molecule has 0 aromatic heterocycles. The molecule has 0 bridgehead atoms. The molecular weight excluding hydrogens is 272 g/mol. The normalized spacial score (nSPS) is 23.8. The fourth-order valence-corrected chi connectivity index (χ4v) is 3.83. The molecule has 2 aliphatic rings. The number of amides is 1. The van der Waals surface area contributed by atoms with E-state index in [0.29, 0.717) is 11.9 Å². The van der Waals surface area contributed by atoms with E-state index in [1.165, 1.54) is 31.4 Å². The van der Waals surface area contributed by atoms with Crippen LogP contribution in [-0.4, -0.2) is 25.0 Å². The number of nitrogens with zero attached hydrogens (tertiary/aromatic N) is 1. The Morgan fingerprint density at radius 2 is 1.68 bits per heavy atom. The summed E-state index contributed by atoms with van der Waals surface area (Å²) in [6, 6.07) is 10.9. The average Bonchev–Trinajstić information content (AvgIpc) is 2.85. The van der Waals surface area contributed by atoms with E-state index in [1.54, 1.807) is 0 Å². The Labute approximate surface area is 134 Å². The lowest BCUT2D eigenvalue weighted by atomic mass is 9.97. The van der Waals surface area contributed by atoms with Crippen LogP contribution in [0.4, 0.5) is 5.69 Å². The molecule has 1 aromatic rings. The minimum Gasteiger partial charge on any atom is -0.369 e. The maximum Gasteiger partial charge on any atom is 0.223 e. The number of carbonyl (C=O) groups is 1. The Kier molecular flexibility index (Phi) is 5.36. The van der Waals surface area contributed by atoms with Gasteiger partial charge in [-0.15, -0.1) is 0 Å². The first-order valence-electron chi connectivity index (χ1n) is 8.93. The molecule has 1 aromatic carbocycles. The predicted molar refractivity (Wildman–Crippen MR) is 91.0 cm³/mol. The van der Waals surface area contributed by atoms with Crippen molar-refractivity contribution in [2.75, 3.05) is 18.0 Å². The van der Waals surface area contributed by atoms with Crippen molar-refractivity contribution >= 4 is 11.6 Å². The van der Waals surface area contributed by atoms with E-state index < -0.39 is 0 Å². The zero-order chi connectivity index (χ0) is 15.2. The van der Waals surface area contributed by atoms with Crippen LogP contribution in [0.3, 0.4) is 0 Å². The van der Waals surface area contributed by atoms with Gasteiger partial charge in [0.1, 0.15) is 0 Å². The molecular formula is C19H28N2O. The van der Waals surface area contributed by atoms with Crippen LogP contribution in [-0.2, 0) is 4.79 Å². The third-order valence-corrected chi connectivity index (χ3v) is 5.12. The third-order valence-electron chi connectivity index (χ3n) is 5.12. The first kappa shape index (κ1) is 15.4. The molecule has 120 valence electrons. The van der Waals surface area contributed by atoms with Gasteiger partial charge in [0.05, 0.1) is 0 Å². The summed E-state index contributed by atoms with van der Waals surface area (Å²) < 4.78 is 0. The summed E-state index contributed by atoms with van der Waals surface area (Å²) in [6.07, 6.45) is 9.48. The molecule has 1 atom stereocenters. The number of hydrogen-bond acceptors (Lipinski definition) is 2. The maximum atomic E-state index is 12.5. The standard InChI is InChI=1S/C19H28N2O/c22-19(16-9-4-1-2-5-10-16)20-17-11-8-14-21(15-17)18-12-6-3-7-13-18/h3,6-7,12-13,16-17H,1-2,4-5,8-11,14-15H2,(H,20,22)/t17-/m0/s1. The van der Waals surface area contributed by atoms with Crippen molar-refractivity contribution in [1.29, 1.82) is 0 Å². The molecule has 1 saturated carbocycles. The Balaban J connectivity index is 1.54. The summed E-state index contributed by atoms with van der Waals surface area (Å²) in [6.45, 7) is 2.04. The van der Waals surface area contributed by atoms with E-state index in [2.05, 4.69) is 40.5 Å². The maximum absolute atomic E-state index is 12.5. The lowest BCUT2D eigenvalue weighted by molar-refractivity contribution is -0.126. The van der Waals surface area contributed by atoms with Gasteiger partial charge in [-0.05, 0) is 37.8 Å². The molecule has 1 saturated heterocycles. The molecule has 22 heavy (non-hydrogen) atoms. The van der Waals surface area contributed by atoms with Crippen LogP contribution in [0.5, 0.6) is 0 Å². The number of carbonyl (C=O) groups excluding carboxylic acids is 1. The second-order valence-corrected chi connectivity index (χ2v) is 6.82. The molecule has 2 fully saturated rings. The Morgan fingerprint density at radius 1 is 0.955 bits per heavy atom. The van der Waals surface area contributed by atoms with Crippen LogP contribution in [0.15, 0.2) is 30.3 Å². The molecule has 1 amide bonds. The highest BCUT2D eigenvalue weighted by Crippen LogP contribution is 2.24. The highest BCUT2D eigenvalue weighted by Gasteiger charge is 2.25. The molecule has 3 rings (SSSR count). The highest BCUT2D eigenvalue weighted by atomic mass is 16.1. The SMILES string of the molecule is O=C(N[C@H]1CCCN(c2ccccc2)C1)C1CCCCCC1. The van der Waals surface area contributed by atoms with Crippen LogP contribution in [0.2, 0.25) is 0 Å². The second kappa shape index (κ2) is 7.66. The lowest BCUT2D eigenvalue weighted by Crippen LogP contribution is -2.49. The zero-order valence-corrected chi connectivity index (χ0v) is 13.5. The Morgan fingerprint density at radius 3 is 2.41 bits per heavy atom. The monoisotopic (exact) mass is 300 g/mol. The van der Waals surface area contributed by atoms with Crippen molar-refractivity contribution in [3.05, 3.63) is 30.3 Å². The molecule has 1 aliphatic heterocycles. The van der Waals surface area contributed by atoms with Gasteiger partial charge in [0.2, 0.25) is 5.91 Å². The molecule has 0 spiro atoms. The van der Waals surface area contributed by atoms with E-state index in [-0.39, 0.29) is 5.92 Å². The van der Waals surface area contributed by atoms with Crippen LogP contribution in [0.1, 0.15) is 51.4 Å². The summed E-state index contributed by atoms with van der Waals surface area (Å²) in [4.78, 5) is 14.9. The summed E-state index contributed by atoms with van der Waals surface area (Å²) in [7, 11) is 0. The zero-order valence-electron chi connectivity index (χ0n) is 13.5. The molecule has 0 radical (unpaired) electrons. The lowest BCUT2D eigenvalue weighted by Gasteiger charge is -2.35. The Hall–Kier alpha value is -1.51. The van der Waals surface area contributed by atoms with E-state index in [1.807, 2.05) is 0 Å². The summed E-state index contributed by atoms with van der Waals surface area (Å²) >= 11 is 0. The third kappa shape index (κ3) is 4.02. The molecule has 3 nitrogen and oxygen atoms in total. The summed E-state index contributed by atoms with van der Waals surface area (Å²) in [5.74, 6) is 0.566. The summed E-state index contributed by atoms with van der Waals surface area (Å²) in [5, 5.41) is 3.34. The summed E-state index contributed by atoms with van der Waals surface area (Å²) in [5.41, 5.74) is 1.27. The predicted octanol–water partition coefficient (Wildman–Crippen LogP) is 3.74. The van der Waals surface area contributed by atoms with Gasteiger partial charge in [-0.3, -0.25) is 4.79 Å². The molecule has 1 aliphatic carbocycles. The van der Waals surface area contributed by atoms with Crippen molar-refractivity contribution in [2.45, 2.75) is 57.4 Å². The smallest absolute Gasteiger partial charge is 0.223 e. The number of anilines is 1. The number of para-hydroxylation sites is 1. The van der Waals surface area contributed by atoms with Gasteiger partial charge in [-0.2, -0.15) is 0 Å². The van der Waals surface area contributed by atoms with Crippen LogP contribution < -0.4 is 10.2 Å².